The zero-order valence-electron chi connectivity index (χ0n) is 12.9. The molecule has 1 fully saturated rings. The highest BCUT2D eigenvalue weighted by molar-refractivity contribution is 5.72. The fourth-order valence-electron chi connectivity index (χ4n) is 3.15. The van der Waals surface area contributed by atoms with E-state index in [1.807, 2.05) is 26.1 Å². The summed E-state index contributed by atoms with van der Waals surface area (Å²) in [4.78, 5) is 20.1. The summed E-state index contributed by atoms with van der Waals surface area (Å²) >= 11 is 0. The number of carbonyl (C=O) groups is 1. The van der Waals surface area contributed by atoms with Gasteiger partial charge in [-0.1, -0.05) is 6.07 Å². The Kier molecular flexibility index (Phi) is 3.07. The van der Waals surface area contributed by atoms with Crippen LogP contribution in [0, 0.1) is 6.92 Å². The predicted molar refractivity (Wildman–Crippen MR) is 85.9 cm³/mol. The molecule has 7 nitrogen and oxygen atoms in total. The molecule has 2 aliphatic rings. The molecule has 1 amide bonds. The fraction of sp³-hybridized carbons (Fsp3) is 0.312. The quantitative estimate of drug-likeness (QED) is 0.806. The first kappa shape index (κ1) is 13.8. The molecule has 0 saturated carbocycles. The molecule has 1 aromatic carbocycles. The minimum Gasteiger partial charge on any atom is -0.443 e. The number of anilines is 3. The van der Waals surface area contributed by atoms with Gasteiger partial charge in [-0.15, -0.1) is 0 Å². The molecule has 3 N–H and O–H groups in total. The minimum atomic E-state index is -0.343. The van der Waals surface area contributed by atoms with Gasteiger partial charge in [0.1, 0.15) is 11.9 Å². The van der Waals surface area contributed by atoms with Crippen molar-refractivity contribution in [3.05, 3.63) is 41.1 Å². The lowest BCUT2D eigenvalue weighted by Crippen LogP contribution is -2.18. The van der Waals surface area contributed by atoms with Crippen LogP contribution in [-0.2, 0) is 11.2 Å². The molecule has 23 heavy (non-hydrogen) atoms. The number of nitrogens with one attached hydrogen (secondary N) is 3. The second-order valence-electron chi connectivity index (χ2n) is 5.78. The molecule has 0 bridgehead atoms. The number of hydrogen-bond acceptors (Lipinski definition) is 6. The molecule has 0 unspecified atom stereocenters. The number of amides is 1. The Balaban J connectivity index is 1.61. The lowest BCUT2D eigenvalue weighted by Gasteiger charge is -2.11. The van der Waals surface area contributed by atoms with E-state index in [1.54, 1.807) is 6.20 Å². The number of aromatic nitrogens is 2. The van der Waals surface area contributed by atoms with E-state index in [0.29, 0.717) is 5.95 Å². The summed E-state index contributed by atoms with van der Waals surface area (Å²) < 4.78 is 5.27. The first-order valence-electron chi connectivity index (χ1n) is 7.52. The molecular weight excluding hydrogens is 294 g/mol. The average molecular weight is 311 g/mol. The first-order chi connectivity index (χ1) is 11.1. The summed E-state index contributed by atoms with van der Waals surface area (Å²) in [5.74, 6) is 1.32. The summed E-state index contributed by atoms with van der Waals surface area (Å²) in [5, 5.41) is 9.11. The van der Waals surface area contributed by atoms with Crippen molar-refractivity contribution in [1.29, 1.82) is 0 Å². The highest BCUT2D eigenvalue weighted by atomic mass is 16.6. The third kappa shape index (κ3) is 2.34. The van der Waals surface area contributed by atoms with Crippen molar-refractivity contribution in [1.82, 2.24) is 15.3 Å². The van der Waals surface area contributed by atoms with Gasteiger partial charge in [0.25, 0.3) is 0 Å². The van der Waals surface area contributed by atoms with E-state index >= 15 is 0 Å². The Labute approximate surface area is 133 Å². The maximum Gasteiger partial charge on any atom is 0.408 e. The summed E-state index contributed by atoms with van der Waals surface area (Å²) in [7, 11) is 1.83. The van der Waals surface area contributed by atoms with Gasteiger partial charge in [0, 0.05) is 30.9 Å². The third-order valence-electron chi connectivity index (χ3n) is 4.27. The summed E-state index contributed by atoms with van der Waals surface area (Å²) in [6.07, 6.45) is 2.09. The van der Waals surface area contributed by atoms with Gasteiger partial charge in [0.05, 0.1) is 6.04 Å². The van der Waals surface area contributed by atoms with E-state index in [-0.39, 0.29) is 18.2 Å². The van der Waals surface area contributed by atoms with E-state index in [1.165, 1.54) is 5.56 Å². The largest absolute Gasteiger partial charge is 0.443 e. The van der Waals surface area contributed by atoms with Crippen LogP contribution in [-0.4, -0.2) is 29.2 Å². The predicted octanol–water partition coefficient (Wildman–Crippen LogP) is 2.28. The fourth-order valence-corrected chi connectivity index (χ4v) is 3.15. The normalized spacial score (nSPS) is 21.2. The molecule has 0 spiro atoms. The molecule has 2 heterocycles. The van der Waals surface area contributed by atoms with Crippen LogP contribution in [0.4, 0.5) is 22.2 Å². The number of rotatable bonds is 3. The smallest absolute Gasteiger partial charge is 0.408 e. The van der Waals surface area contributed by atoms with E-state index in [9.17, 15) is 4.79 Å². The Bertz CT molecular complexity index is 792. The number of carbonyl (C=O) groups excluding carboxylic acids is 1. The van der Waals surface area contributed by atoms with Gasteiger partial charge in [-0.2, -0.15) is 4.98 Å². The van der Waals surface area contributed by atoms with Crippen molar-refractivity contribution >= 4 is 23.5 Å². The molecule has 118 valence electrons. The lowest BCUT2D eigenvalue weighted by molar-refractivity contribution is 0.136. The van der Waals surface area contributed by atoms with Crippen LogP contribution in [0.2, 0.25) is 0 Å². The van der Waals surface area contributed by atoms with Gasteiger partial charge < -0.3 is 20.7 Å². The summed E-state index contributed by atoms with van der Waals surface area (Å²) in [6, 6.07) is 6.01. The topological polar surface area (TPSA) is 88.2 Å². The van der Waals surface area contributed by atoms with Gasteiger partial charge in [-0.05, 0) is 30.2 Å². The molecule has 4 rings (SSSR count). The van der Waals surface area contributed by atoms with Gasteiger partial charge in [-0.25, -0.2) is 9.78 Å². The zero-order valence-corrected chi connectivity index (χ0v) is 12.9. The molecular formula is C16H17N5O2. The van der Waals surface area contributed by atoms with E-state index < -0.39 is 0 Å². The third-order valence-corrected chi connectivity index (χ3v) is 4.27. The Hall–Kier alpha value is -2.83. The van der Waals surface area contributed by atoms with E-state index in [0.717, 1.165) is 29.1 Å². The van der Waals surface area contributed by atoms with Crippen molar-refractivity contribution in [3.63, 3.8) is 0 Å². The second kappa shape index (κ2) is 5.12. The van der Waals surface area contributed by atoms with Crippen LogP contribution in [0.15, 0.2) is 24.4 Å². The van der Waals surface area contributed by atoms with Gasteiger partial charge >= 0.3 is 6.09 Å². The van der Waals surface area contributed by atoms with Crippen molar-refractivity contribution in [2.45, 2.75) is 25.5 Å². The maximum atomic E-state index is 11.4. The first-order valence-corrected chi connectivity index (χ1v) is 7.52. The molecule has 2 aromatic rings. The van der Waals surface area contributed by atoms with Crippen molar-refractivity contribution in [3.8, 4) is 0 Å². The van der Waals surface area contributed by atoms with Crippen molar-refractivity contribution < 1.29 is 9.53 Å². The number of fused-ring (bicyclic) bond motifs is 3. The highest BCUT2D eigenvalue weighted by Gasteiger charge is 2.41. The standard InChI is InChI=1S/C16H17N5O2/c1-8-7-18-15(21-14(8)17-2)19-10-4-3-9-5-12-13(11(9)6-10)20-16(22)23-12/h3-4,6-7,12-13H,5H2,1-2H3,(H,20,22)(H2,17,18,19,21)/t12-,13+/m0/s1. The molecule has 7 heteroatoms. The summed E-state index contributed by atoms with van der Waals surface area (Å²) in [6.45, 7) is 1.95. The van der Waals surface area contributed by atoms with Gasteiger partial charge in [0.15, 0.2) is 0 Å². The zero-order chi connectivity index (χ0) is 16.0. The molecule has 0 radical (unpaired) electrons. The van der Waals surface area contributed by atoms with Crippen molar-refractivity contribution in [2.24, 2.45) is 0 Å². The molecule has 1 aliphatic carbocycles. The maximum absolute atomic E-state index is 11.4. The Morgan fingerprint density at radius 2 is 2.26 bits per heavy atom. The average Bonchev–Trinajstić information content (AvgIpc) is 3.05. The molecule has 1 aliphatic heterocycles. The number of benzene rings is 1. The van der Waals surface area contributed by atoms with Crippen LogP contribution in [0.1, 0.15) is 22.7 Å². The van der Waals surface area contributed by atoms with Crippen molar-refractivity contribution in [2.75, 3.05) is 17.7 Å². The van der Waals surface area contributed by atoms with Gasteiger partial charge in [0.2, 0.25) is 5.95 Å². The number of alkyl carbamates (subject to hydrolysis) is 1. The van der Waals surface area contributed by atoms with Crippen LogP contribution >= 0.6 is 0 Å². The van der Waals surface area contributed by atoms with Crippen LogP contribution in [0.5, 0.6) is 0 Å². The Morgan fingerprint density at radius 3 is 3.09 bits per heavy atom. The number of aryl methyl sites for hydroxylation is 1. The van der Waals surface area contributed by atoms with Gasteiger partial charge in [-0.3, -0.25) is 0 Å². The number of hydrogen-bond donors (Lipinski definition) is 3. The summed E-state index contributed by atoms with van der Waals surface area (Å²) in [5.41, 5.74) is 4.16. The van der Waals surface area contributed by atoms with Crippen LogP contribution < -0.4 is 16.0 Å². The molecule has 2 atom stereocenters. The monoisotopic (exact) mass is 311 g/mol. The Morgan fingerprint density at radius 1 is 1.39 bits per heavy atom. The SMILES string of the molecule is CNc1nc(Nc2ccc3c(c2)[C@H]2NC(=O)O[C@H]2C3)ncc1C. The number of nitrogens with zero attached hydrogens (tertiary/aromatic N) is 2. The minimum absolute atomic E-state index is 0.0638. The number of ether oxygens (including phenoxy) is 1. The second-order valence-corrected chi connectivity index (χ2v) is 5.78. The van der Waals surface area contributed by atoms with Crippen LogP contribution in [0.3, 0.4) is 0 Å². The molecule has 1 aromatic heterocycles. The molecule has 1 saturated heterocycles. The van der Waals surface area contributed by atoms with E-state index in [4.69, 9.17) is 4.74 Å². The van der Waals surface area contributed by atoms with Crippen LogP contribution in [0.25, 0.3) is 0 Å². The highest BCUT2D eigenvalue weighted by Crippen LogP contribution is 2.38. The lowest BCUT2D eigenvalue weighted by atomic mass is 10.1. The van der Waals surface area contributed by atoms with E-state index in [2.05, 4.69) is 32.0 Å².